The first kappa shape index (κ1) is 20.0. The molecule has 0 bridgehead atoms. The van der Waals surface area contributed by atoms with Crippen molar-refractivity contribution in [2.45, 2.75) is 32.0 Å². The summed E-state index contributed by atoms with van der Waals surface area (Å²) in [7, 11) is 0. The smallest absolute Gasteiger partial charge is 0.338 e. The second kappa shape index (κ2) is 8.37. The molecule has 9 heteroatoms. The van der Waals surface area contributed by atoms with Crippen molar-refractivity contribution in [3.8, 4) is 0 Å². The fraction of sp³-hybridized carbons (Fsp3) is 0.278. The number of nitro groups is 2. The van der Waals surface area contributed by atoms with Gasteiger partial charge in [0.15, 0.2) is 5.60 Å². The Bertz CT molecular complexity index is 850. The lowest BCUT2D eigenvalue weighted by molar-refractivity contribution is -0.394. The van der Waals surface area contributed by atoms with Crippen LogP contribution in [0.3, 0.4) is 0 Å². The summed E-state index contributed by atoms with van der Waals surface area (Å²) in [6.45, 7) is 0.831. The molecule has 0 saturated heterocycles. The number of esters is 1. The van der Waals surface area contributed by atoms with E-state index in [1.807, 2.05) is 30.3 Å². The van der Waals surface area contributed by atoms with Gasteiger partial charge in [0.25, 0.3) is 11.4 Å². The highest BCUT2D eigenvalue weighted by Gasteiger charge is 2.32. The zero-order chi connectivity index (χ0) is 20.0. The summed E-state index contributed by atoms with van der Waals surface area (Å²) in [5, 5.41) is 32.1. The SMILES string of the molecule is CC(O)(CCc1ccccc1)C(=O)OCc1ccc([N+](=O)[O-])cc1[N+](=O)[O-]. The number of nitrogens with zero attached hydrogens (tertiary/aromatic N) is 2. The Labute approximate surface area is 154 Å². The first-order valence-corrected chi connectivity index (χ1v) is 8.06. The van der Waals surface area contributed by atoms with Gasteiger partial charge < -0.3 is 9.84 Å². The molecule has 2 aromatic rings. The lowest BCUT2D eigenvalue weighted by atomic mass is 9.97. The molecule has 9 nitrogen and oxygen atoms in total. The highest BCUT2D eigenvalue weighted by Crippen LogP contribution is 2.26. The van der Waals surface area contributed by atoms with Gasteiger partial charge in [-0.05, 0) is 31.4 Å². The normalized spacial score (nSPS) is 12.8. The maximum atomic E-state index is 12.2. The summed E-state index contributed by atoms with van der Waals surface area (Å²) in [5.41, 5.74) is -1.80. The predicted octanol–water partition coefficient (Wildman–Crippen LogP) is 2.93. The minimum absolute atomic E-state index is 0.00203. The number of aliphatic hydroxyl groups is 1. The summed E-state index contributed by atoms with van der Waals surface area (Å²) in [5.74, 6) is -0.925. The Morgan fingerprint density at radius 1 is 1.11 bits per heavy atom. The Kier molecular flexibility index (Phi) is 6.19. The lowest BCUT2D eigenvalue weighted by Gasteiger charge is -2.21. The van der Waals surface area contributed by atoms with E-state index in [1.165, 1.54) is 6.92 Å². The molecule has 1 atom stereocenters. The summed E-state index contributed by atoms with van der Waals surface area (Å²) < 4.78 is 5.01. The summed E-state index contributed by atoms with van der Waals surface area (Å²) in [6, 6.07) is 12.3. The van der Waals surface area contributed by atoms with Crippen LogP contribution in [-0.2, 0) is 22.6 Å². The Morgan fingerprint density at radius 2 is 1.78 bits per heavy atom. The van der Waals surface area contributed by atoms with Gasteiger partial charge in [-0.2, -0.15) is 0 Å². The van der Waals surface area contributed by atoms with Gasteiger partial charge >= 0.3 is 5.97 Å². The third-order valence-corrected chi connectivity index (χ3v) is 4.02. The first-order chi connectivity index (χ1) is 12.7. The van der Waals surface area contributed by atoms with Gasteiger partial charge in [0.2, 0.25) is 0 Å². The number of benzene rings is 2. The van der Waals surface area contributed by atoms with E-state index in [-0.39, 0.29) is 12.0 Å². The molecule has 0 aromatic heterocycles. The van der Waals surface area contributed by atoms with Crippen LogP contribution in [0.1, 0.15) is 24.5 Å². The third kappa shape index (κ3) is 5.32. The molecule has 0 saturated carbocycles. The van der Waals surface area contributed by atoms with Gasteiger partial charge in [0.05, 0.1) is 21.5 Å². The van der Waals surface area contributed by atoms with Gasteiger partial charge in [-0.3, -0.25) is 20.2 Å². The zero-order valence-corrected chi connectivity index (χ0v) is 14.5. The Hall–Kier alpha value is -3.33. The second-order valence-electron chi connectivity index (χ2n) is 6.16. The van der Waals surface area contributed by atoms with Crippen molar-refractivity contribution < 1.29 is 24.5 Å². The van der Waals surface area contributed by atoms with Crippen LogP contribution in [-0.4, -0.2) is 26.5 Å². The molecule has 0 amide bonds. The number of carbonyl (C=O) groups is 1. The number of hydrogen-bond donors (Lipinski definition) is 1. The molecular formula is C18H18N2O7. The van der Waals surface area contributed by atoms with Crippen molar-refractivity contribution in [2.24, 2.45) is 0 Å². The summed E-state index contributed by atoms with van der Waals surface area (Å²) >= 11 is 0. The van der Waals surface area contributed by atoms with Crippen molar-refractivity contribution in [3.05, 3.63) is 79.9 Å². The number of hydrogen-bond acceptors (Lipinski definition) is 7. The lowest BCUT2D eigenvalue weighted by Crippen LogP contribution is -2.37. The molecule has 0 aliphatic rings. The van der Waals surface area contributed by atoms with Crippen molar-refractivity contribution in [3.63, 3.8) is 0 Å². The Balaban J connectivity index is 2.03. The number of carbonyl (C=O) groups excluding carboxylic acids is 1. The van der Waals surface area contributed by atoms with E-state index in [0.29, 0.717) is 6.42 Å². The average molecular weight is 374 g/mol. The van der Waals surface area contributed by atoms with Gasteiger partial charge in [0.1, 0.15) is 6.61 Å². The quantitative estimate of drug-likeness (QED) is 0.426. The molecular weight excluding hydrogens is 356 g/mol. The van der Waals surface area contributed by atoms with E-state index in [9.17, 15) is 30.1 Å². The van der Waals surface area contributed by atoms with Crippen molar-refractivity contribution >= 4 is 17.3 Å². The standard InChI is InChI=1S/C18H18N2O7/c1-18(22,10-9-13-5-3-2-4-6-13)17(21)27-12-14-7-8-15(19(23)24)11-16(14)20(25)26/h2-8,11,22H,9-10,12H2,1H3. The Morgan fingerprint density at radius 3 is 2.37 bits per heavy atom. The minimum Gasteiger partial charge on any atom is -0.458 e. The maximum Gasteiger partial charge on any atom is 0.338 e. The molecule has 27 heavy (non-hydrogen) atoms. The van der Waals surface area contributed by atoms with Crippen LogP contribution in [0.2, 0.25) is 0 Å². The molecule has 142 valence electrons. The molecule has 0 fully saturated rings. The van der Waals surface area contributed by atoms with E-state index in [0.717, 1.165) is 23.8 Å². The zero-order valence-electron chi connectivity index (χ0n) is 14.5. The molecule has 1 unspecified atom stereocenters. The molecule has 0 heterocycles. The third-order valence-electron chi connectivity index (χ3n) is 4.02. The monoisotopic (exact) mass is 374 g/mol. The molecule has 0 aliphatic heterocycles. The van der Waals surface area contributed by atoms with Gasteiger partial charge in [0, 0.05) is 6.07 Å². The topological polar surface area (TPSA) is 133 Å². The van der Waals surface area contributed by atoms with Gasteiger partial charge in [-0.25, -0.2) is 4.79 Å². The fourth-order valence-corrected chi connectivity index (χ4v) is 2.39. The van der Waals surface area contributed by atoms with Crippen LogP contribution in [0, 0.1) is 20.2 Å². The van der Waals surface area contributed by atoms with Crippen LogP contribution in [0.5, 0.6) is 0 Å². The molecule has 0 spiro atoms. The van der Waals surface area contributed by atoms with Crippen LogP contribution in [0.25, 0.3) is 0 Å². The molecule has 2 rings (SSSR count). The highest BCUT2D eigenvalue weighted by molar-refractivity contribution is 5.78. The number of aryl methyl sites for hydroxylation is 1. The molecule has 1 N–H and O–H groups in total. The second-order valence-corrected chi connectivity index (χ2v) is 6.16. The van der Waals surface area contributed by atoms with Crippen LogP contribution in [0.15, 0.2) is 48.5 Å². The van der Waals surface area contributed by atoms with Crippen LogP contribution >= 0.6 is 0 Å². The molecule has 0 radical (unpaired) electrons. The fourth-order valence-electron chi connectivity index (χ4n) is 2.39. The van der Waals surface area contributed by atoms with Gasteiger partial charge in [-0.1, -0.05) is 30.3 Å². The van der Waals surface area contributed by atoms with Gasteiger partial charge in [-0.15, -0.1) is 0 Å². The largest absolute Gasteiger partial charge is 0.458 e. The van der Waals surface area contributed by atoms with E-state index in [1.54, 1.807) is 0 Å². The van der Waals surface area contributed by atoms with Crippen molar-refractivity contribution in [1.82, 2.24) is 0 Å². The minimum atomic E-state index is -1.77. The van der Waals surface area contributed by atoms with E-state index < -0.39 is 39.4 Å². The molecule has 2 aromatic carbocycles. The number of ether oxygens (including phenoxy) is 1. The predicted molar refractivity (Wildman–Crippen MR) is 94.9 cm³/mol. The van der Waals surface area contributed by atoms with E-state index in [2.05, 4.69) is 0 Å². The summed E-state index contributed by atoms with van der Waals surface area (Å²) in [6.07, 6.45) is 0.554. The van der Waals surface area contributed by atoms with Crippen LogP contribution < -0.4 is 0 Å². The number of non-ortho nitro benzene ring substituents is 1. The first-order valence-electron chi connectivity index (χ1n) is 8.06. The van der Waals surface area contributed by atoms with Crippen molar-refractivity contribution in [1.29, 1.82) is 0 Å². The maximum absolute atomic E-state index is 12.2. The van der Waals surface area contributed by atoms with Crippen molar-refractivity contribution in [2.75, 3.05) is 0 Å². The number of nitro benzene ring substituents is 2. The summed E-state index contributed by atoms with van der Waals surface area (Å²) in [4.78, 5) is 32.5. The number of rotatable bonds is 8. The van der Waals surface area contributed by atoms with Crippen LogP contribution in [0.4, 0.5) is 11.4 Å². The van der Waals surface area contributed by atoms with E-state index >= 15 is 0 Å². The molecule has 0 aliphatic carbocycles. The highest BCUT2D eigenvalue weighted by atomic mass is 16.6. The average Bonchev–Trinajstić information content (AvgIpc) is 2.65. The van der Waals surface area contributed by atoms with E-state index in [4.69, 9.17) is 4.74 Å².